The lowest BCUT2D eigenvalue weighted by molar-refractivity contribution is 0.0906. The Hall–Kier alpha value is -2.49. The van der Waals surface area contributed by atoms with Gasteiger partial charge in [-0.05, 0) is 43.7 Å². The van der Waals surface area contributed by atoms with Crippen LogP contribution in [0.25, 0.3) is 0 Å². The van der Waals surface area contributed by atoms with Crippen molar-refractivity contribution < 1.29 is 9.53 Å². The number of rotatable bonds is 3. The topological polar surface area (TPSA) is 50.4 Å². The molecule has 1 unspecified atom stereocenters. The Kier molecular flexibility index (Phi) is 3.29. The van der Waals surface area contributed by atoms with Gasteiger partial charge in [0.1, 0.15) is 11.4 Å². The molecule has 1 aliphatic rings. The number of carbonyl (C=O) groups is 1. The number of ether oxygens (including phenoxy) is 1. The zero-order valence-electron chi connectivity index (χ0n) is 12.1. The van der Waals surface area contributed by atoms with Crippen molar-refractivity contribution in [2.45, 2.75) is 19.5 Å². The van der Waals surface area contributed by atoms with Crippen LogP contribution in [0.5, 0.6) is 5.75 Å². The second kappa shape index (κ2) is 5.13. The molecule has 0 saturated carbocycles. The van der Waals surface area contributed by atoms with Crippen LogP contribution in [0.1, 0.15) is 29.8 Å². The second-order valence-corrected chi connectivity index (χ2v) is 5.21. The van der Waals surface area contributed by atoms with Crippen molar-refractivity contribution in [2.24, 2.45) is 0 Å². The molecule has 1 aliphatic heterocycles. The predicted molar refractivity (Wildman–Crippen MR) is 82.5 cm³/mol. The fraction of sp³-hybridized carbons (Fsp3) is 0.235. The van der Waals surface area contributed by atoms with Crippen molar-refractivity contribution in [3.8, 4) is 5.75 Å². The van der Waals surface area contributed by atoms with Gasteiger partial charge in [-0.25, -0.2) is 0 Å². The van der Waals surface area contributed by atoms with Gasteiger partial charge in [-0.2, -0.15) is 0 Å². The minimum atomic E-state index is -0.629. The molecule has 0 aliphatic carbocycles. The third kappa shape index (κ3) is 2.44. The molecule has 4 nitrogen and oxygen atoms in total. The molecule has 0 bridgehead atoms. The van der Waals surface area contributed by atoms with Gasteiger partial charge in [0, 0.05) is 5.69 Å². The number of hydrogen-bond acceptors (Lipinski definition) is 3. The molecule has 1 heterocycles. The van der Waals surface area contributed by atoms with Gasteiger partial charge in [0.25, 0.3) is 5.91 Å². The van der Waals surface area contributed by atoms with E-state index in [4.69, 9.17) is 4.74 Å². The predicted octanol–water partition coefficient (Wildman–Crippen LogP) is 3.11. The zero-order valence-corrected chi connectivity index (χ0v) is 12.1. The standard InChI is InChI=1S/C17H18N2O2/c1-3-21-13-10-8-12(9-11-13)17(2)18-15-7-5-4-6-14(15)16(20)19-17/h4-11,18H,3H2,1-2H3,(H,19,20). The van der Waals surface area contributed by atoms with Crippen LogP contribution in [0, 0.1) is 0 Å². The summed E-state index contributed by atoms with van der Waals surface area (Å²) in [7, 11) is 0. The van der Waals surface area contributed by atoms with Crippen molar-refractivity contribution >= 4 is 11.6 Å². The summed E-state index contributed by atoms with van der Waals surface area (Å²) >= 11 is 0. The lowest BCUT2D eigenvalue weighted by Gasteiger charge is -2.38. The third-order valence-corrected chi connectivity index (χ3v) is 3.66. The monoisotopic (exact) mass is 282 g/mol. The Labute approximate surface area is 124 Å². The number of anilines is 1. The van der Waals surface area contributed by atoms with E-state index in [-0.39, 0.29) is 5.91 Å². The van der Waals surface area contributed by atoms with Crippen LogP contribution < -0.4 is 15.4 Å². The lowest BCUT2D eigenvalue weighted by atomic mass is 9.96. The van der Waals surface area contributed by atoms with Gasteiger partial charge in [-0.15, -0.1) is 0 Å². The largest absolute Gasteiger partial charge is 0.494 e. The molecule has 21 heavy (non-hydrogen) atoms. The molecule has 0 fully saturated rings. The van der Waals surface area contributed by atoms with E-state index in [2.05, 4.69) is 10.6 Å². The number of fused-ring (bicyclic) bond motifs is 1. The number of benzene rings is 2. The van der Waals surface area contributed by atoms with E-state index in [1.54, 1.807) is 0 Å². The molecule has 1 amide bonds. The molecular formula is C17H18N2O2. The zero-order chi connectivity index (χ0) is 14.9. The maximum absolute atomic E-state index is 12.3. The summed E-state index contributed by atoms with van der Waals surface area (Å²) in [4.78, 5) is 12.3. The molecule has 2 aromatic rings. The minimum absolute atomic E-state index is 0.0688. The Morgan fingerprint density at radius 1 is 1.05 bits per heavy atom. The summed E-state index contributed by atoms with van der Waals surface area (Å²) in [6, 6.07) is 15.3. The van der Waals surface area contributed by atoms with Gasteiger partial charge in [0.2, 0.25) is 0 Å². The first-order valence-electron chi connectivity index (χ1n) is 7.05. The average Bonchev–Trinajstić information content (AvgIpc) is 2.48. The maximum atomic E-state index is 12.3. The van der Waals surface area contributed by atoms with E-state index < -0.39 is 5.66 Å². The number of hydrogen-bond donors (Lipinski definition) is 2. The van der Waals surface area contributed by atoms with Gasteiger partial charge in [0.15, 0.2) is 0 Å². The van der Waals surface area contributed by atoms with Crippen LogP contribution in [0.3, 0.4) is 0 Å². The van der Waals surface area contributed by atoms with Crippen LogP contribution in [0.4, 0.5) is 5.69 Å². The molecular weight excluding hydrogens is 264 g/mol. The van der Waals surface area contributed by atoms with Crippen LogP contribution in [0.15, 0.2) is 48.5 Å². The summed E-state index contributed by atoms with van der Waals surface area (Å²) < 4.78 is 5.45. The molecule has 1 atom stereocenters. The van der Waals surface area contributed by atoms with E-state index in [9.17, 15) is 4.79 Å². The van der Waals surface area contributed by atoms with Crippen LogP contribution in [-0.2, 0) is 5.66 Å². The van der Waals surface area contributed by atoms with Crippen LogP contribution in [0.2, 0.25) is 0 Å². The van der Waals surface area contributed by atoms with Crippen LogP contribution in [-0.4, -0.2) is 12.5 Å². The highest BCUT2D eigenvalue weighted by Crippen LogP contribution is 2.31. The molecule has 3 rings (SSSR count). The smallest absolute Gasteiger partial charge is 0.255 e. The fourth-order valence-electron chi connectivity index (χ4n) is 2.58. The summed E-state index contributed by atoms with van der Waals surface area (Å²) in [5.74, 6) is 0.758. The quantitative estimate of drug-likeness (QED) is 0.909. The Morgan fingerprint density at radius 3 is 2.48 bits per heavy atom. The van der Waals surface area contributed by atoms with Crippen molar-refractivity contribution in [2.75, 3.05) is 11.9 Å². The summed E-state index contributed by atoms with van der Waals surface area (Å²) in [6.45, 7) is 4.55. The second-order valence-electron chi connectivity index (χ2n) is 5.21. The van der Waals surface area contributed by atoms with Gasteiger partial charge >= 0.3 is 0 Å². The maximum Gasteiger partial charge on any atom is 0.255 e. The van der Waals surface area contributed by atoms with Crippen molar-refractivity contribution in [1.29, 1.82) is 0 Å². The summed E-state index contributed by atoms with van der Waals surface area (Å²) in [6.07, 6.45) is 0. The molecule has 2 N–H and O–H groups in total. The molecule has 0 saturated heterocycles. The first-order valence-corrected chi connectivity index (χ1v) is 7.05. The Morgan fingerprint density at radius 2 is 1.76 bits per heavy atom. The molecule has 0 radical (unpaired) electrons. The molecule has 0 spiro atoms. The van der Waals surface area contributed by atoms with Crippen molar-refractivity contribution in [1.82, 2.24) is 5.32 Å². The Bertz CT molecular complexity index is 667. The normalized spacial score (nSPS) is 20.2. The number of amides is 1. The minimum Gasteiger partial charge on any atom is -0.494 e. The van der Waals surface area contributed by atoms with Crippen molar-refractivity contribution in [3.63, 3.8) is 0 Å². The highest BCUT2D eigenvalue weighted by Gasteiger charge is 2.34. The number of para-hydroxylation sites is 1. The highest BCUT2D eigenvalue weighted by molar-refractivity contribution is 6.02. The van der Waals surface area contributed by atoms with Gasteiger partial charge < -0.3 is 15.4 Å². The fourth-order valence-corrected chi connectivity index (χ4v) is 2.58. The third-order valence-electron chi connectivity index (χ3n) is 3.66. The average molecular weight is 282 g/mol. The molecule has 108 valence electrons. The van der Waals surface area contributed by atoms with E-state index in [1.165, 1.54) is 0 Å². The molecule has 0 aromatic heterocycles. The van der Waals surface area contributed by atoms with E-state index in [1.807, 2.05) is 62.4 Å². The SMILES string of the molecule is CCOc1ccc(C2(C)NC(=O)c3ccccc3N2)cc1. The highest BCUT2D eigenvalue weighted by atomic mass is 16.5. The Balaban J connectivity index is 1.93. The van der Waals surface area contributed by atoms with Gasteiger partial charge in [0.05, 0.1) is 12.2 Å². The summed E-state index contributed by atoms with van der Waals surface area (Å²) in [5, 5.41) is 6.42. The first-order chi connectivity index (χ1) is 10.1. The van der Waals surface area contributed by atoms with Gasteiger partial charge in [-0.3, -0.25) is 4.79 Å². The molecule has 2 aromatic carbocycles. The van der Waals surface area contributed by atoms with Crippen molar-refractivity contribution in [3.05, 3.63) is 59.7 Å². The van der Waals surface area contributed by atoms with E-state index in [0.717, 1.165) is 17.0 Å². The first kappa shape index (κ1) is 13.5. The van der Waals surface area contributed by atoms with E-state index in [0.29, 0.717) is 12.2 Å². The lowest BCUT2D eigenvalue weighted by Crippen LogP contribution is -2.52. The number of nitrogens with one attached hydrogen (secondary N) is 2. The number of carbonyl (C=O) groups excluding carboxylic acids is 1. The van der Waals surface area contributed by atoms with Gasteiger partial charge in [-0.1, -0.05) is 24.3 Å². The summed E-state index contributed by atoms with van der Waals surface area (Å²) in [5.41, 5.74) is 1.86. The van der Waals surface area contributed by atoms with Crippen LogP contribution >= 0.6 is 0 Å². The van der Waals surface area contributed by atoms with E-state index >= 15 is 0 Å². The molecule has 4 heteroatoms.